The minimum Gasteiger partial charge on any atom is -0.423 e. The summed E-state index contributed by atoms with van der Waals surface area (Å²) in [6, 6.07) is 24.6. The minimum absolute atomic E-state index is 0.00238. The summed E-state index contributed by atoms with van der Waals surface area (Å²) in [6.07, 6.45) is 1.39. The highest BCUT2D eigenvalue weighted by molar-refractivity contribution is 7.92. The summed E-state index contributed by atoms with van der Waals surface area (Å²) >= 11 is 11.7. The number of nitrogens with zero attached hydrogens (tertiary/aromatic N) is 1. The van der Waals surface area contributed by atoms with Crippen LogP contribution in [0.4, 0.5) is 5.69 Å². The zero-order valence-corrected chi connectivity index (χ0v) is 21.8. The number of nitrogens with one attached hydrogen (secondary N) is 2. The number of benzene rings is 4. The van der Waals surface area contributed by atoms with Crippen LogP contribution in [-0.4, -0.2) is 26.5 Å². The highest BCUT2D eigenvalue weighted by atomic mass is 35.5. The molecule has 0 aliphatic heterocycles. The molecule has 0 saturated heterocycles. The average Bonchev–Trinajstić information content (AvgIpc) is 2.90. The number of ether oxygens (including phenoxy) is 1. The number of hydrogen-bond acceptors (Lipinski definition) is 6. The molecule has 0 heterocycles. The van der Waals surface area contributed by atoms with Crippen molar-refractivity contribution in [3.8, 4) is 5.75 Å². The van der Waals surface area contributed by atoms with Crippen LogP contribution >= 0.6 is 23.2 Å². The fraction of sp³-hybridized carbons (Fsp3) is 0. The van der Waals surface area contributed by atoms with Gasteiger partial charge in [0.1, 0.15) is 5.75 Å². The molecule has 8 nitrogen and oxygen atoms in total. The molecular formula is C27H19Cl2N3O5S. The summed E-state index contributed by atoms with van der Waals surface area (Å²) in [6.45, 7) is 0. The van der Waals surface area contributed by atoms with Gasteiger partial charge in [0.05, 0.1) is 27.9 Å². The van der Waals surface area contributed by atoms with Gasteiger partial charge in [-0.1, -0.05) is 35.3 Å². The average molecular weight is 568 g/mol. The molecule has 0 aromatic heterocycles. The van der Waals surface area contributed by atoms with Crippen molar-refractivity contribution in [3.05, 3.63) is 124 Å². The third-order valence-electron chi connectivity index (χ3n) is 5.09. The first-order valence-corrected chi connectivity index (χ1v) is 13.2. The highest BCUT2D eigenvalue weighted by Gasteiger charge is 2.18. The van der Waals surface area contributed by atoms with Crippen LogP contribution in [0.5, 0.6) is 5.75 Å². The van der Waals surface area contributed by atoms with E-state index in [1.807, 2.05) is 0 Å². The number of esters is 1. The number of para-hydroxylation sites is 1. The summed E-state index contributed by atoms with van der Waals surface area (Å²) in [5.74, 6) is -0.821. The van der Waals surface area contributed by atoms with Crippen LogP contribution in [0.2, 0.25) is 10.0 Å². The van der Waals surface area contributed by atoms with Crippen LogP contribution in [0.25, 0.3) is 0 Å². The number of hydrazone groups is 1. The van der Waals surface area contributed by atoms with Gasteiger partial charge in [0.25, 0.3) is 15.9 Å². The van der Waals surface area contributed by atoms with E-state index in [-0.39, 0.29) is 16.1 Å². The van der Waals surface area contributed by atoms with Gasteiger partial charge in [-0.2, -0.15) is 5.10 Å². The van der Waals surface area contributed by atoms with E-state index in [0.717, 1.165) is 0 Å². The largest absolute Gasteiger partial charge is 0.423 e. The van der Waals surface area contributed by atoms with Gasteiger partial charge >= 0.3 is 5.97 Å². The van der Waals surface area contributed by atoms with Crippen molar-refractivity contribution in [1.82, 2.24) is 5.43 Å². The van der Waals surface area contributed by atoms with Crippen LogP contribution in [0.1, 0.15) is 26.3 Å². The minimum atomic E-state index is -3.95. The second kappa shape index (κ2) is 11.9. The Balaban J connectivity index is 1.38. The van der Waals surface area contributed by atoms with Crippen molar-refractivity contribution in [2.45, 2.75) is 4.90 Å². The molecule has 0 bridgehead atoms. The lowest BCUT2D eigenvalue weighted by Gasteiger charge is -2.11. The Hall–Kier alpha value is -4.18. The molecule has 1 amide bonds. The van der Waals surface area contributed by atoms with Crippen LogP contribution in [0.3, 0.4) is 0 Å². The van der Waals surface area contributed by atoms with Gasteiger partial charge < -0.3 is 4.74 Å². The number of halogens is 2. The van der Waals surface area contributed by atoms with E-state index < -0.39 is 21.9 Å². The quantitative estimate of drug-likeness (QED) is 0.121. The zero-order chi connectivity index (χ0) is 27.1. The summed E-state index contributed by atoms with van der Waals surface area (Å²) in [5, 5.41) is 4.85. The topological polar surface area (TPSA) is 114 Å². The Bertz CT molecular complexity index is 1590. The number of amides is 1. The Morgan fingerprint density at radius 2 is 1.39 bits per heavy atom. The second-order valence-electron chi connectivity index (χ2n) is 7.77. The first-order valence-electron chi connectivity index (χ1n) is 11.0. The van der Waals surface area contributed by atoms with Crippen molar-refractivity contribution in [2.75, 3.05) is 4.72 Å². The number of sulfonamides is 1. The third-order valence-corrected chi connectivity index (χ3v) is 6.98. The molecule has 4 rings (SSSR count). The van der Waals surface area contributed by atoms with Gasteiger partial charge in [0, 0.05) is 10.0 Å². The summed E-state index contributed by atoms with van der Waals surface area (Å²) in [5.41, 5.74) is 3.52. The molecule has 0 atom stereocenters. The molecular weight excluding hydrogens is 549 g/mol. The first-order chi connectivity index (χ1) is 18.2. The number of carbonyl (C=O) groups is 2. The lowest BCUT2D eigenvalue weighted by molar-refractivity contribution is 0.0734. The molecule has 38 heavy (non-hydrogen) atoms. The molecule has 4 aromatic rings. The Morgan fingerprint density at radius 1 is 0.789 bits per heavy atom. The molecule has 0 saturated carbocycles. The molecule has 11 heteroatoms. The van der Waals surface area contributed by atoms with Gasteiger partial charge in [-0.15, -0.1) is 0 Å². The van der Waals surface area contributed by atoms with E-state index in [1.54, 1.807) is 60.7 Å². The fourth-order valence-electron chi connectivity index (χ4n) is 3.19. The molecule has 0 spiro atoms. The van der Waals surface area contributed by atoms with Crippen LogP contribution in [0.15, 0.2) is 107 Å². The van der Waals surface area contributed by atoms with Gasteiger partial charge in [-0.05, 0) is 90.5 Å². The first kappa shape index (κ1) is 26.9. The van der Waals surface area contributed by atoms with Crippen molar-refractivity contribution < 1.29 is 22.7 Å². The predicted molar refractivity (Wildman–Crippen MR) is 147 cm³/mol. The van der Waals surface area contributed by atoms with Crippen LogP contribution < -0.4 is 14.9 Å². The molecule has 0 radical (unpaired) electrons. The fourth-order valence-corrected chi connectivity index (χ4v) is 4.52. The van der Waals surface area contributed by atoms with Gasteiger partial charge in [-0.25, -0.2) is 18.6 Å². The van der Waals surface area contributed by atoms with E-state index in [1.165, 1.54) is 42.6 Å². The van der Waals surface area contributed by atoms with Crippen molar-refractivity contribution in [2.24, 2.45) is 5.10 Å². The molecule has 0 aliphatic carbocycles. The summed E-state index contributed by atoms with van der Waals surface area (Å²) in [7, 11) is -3.95. The van der Waals surface area contributed by atoms with Crippen molar-refractivity contribution in [3.63, 3.8) is 0 Å². The SMILES string of the molecule is O=C(Oc1ccc(/C=N/NC(=O)c2ccccc2NS(=O)(=O)c2ccc(Cl)cc2)cc1)c1ccc(Cl)cc1. The summed E-state index contributed by atoms with van der Waals surface area (Å²) < 4.78 is 33.2. The highest BCUT2D eigenvalue weighted by Crippen LogP contribution is 2.21. The maximum Gasteiger partial charge on any atom is 0.343 e. The second-order valence-corrected chi connectivity index (χ2v) is 10.3. The van der Waals surface area contributed by atoms with Crippen LogP contribution in [-0.2, 0) is 10.0 Å². The van der Waals surface area contributed by atoms with Gasteiger partial charge in [-0.3, -0.25) is 9.52 Å². The molecule has 2 N–H and O–H groups in total. The van der Waals surface area contributed by atoms with E-state index >= 15 is 0 Å². The molecule has 0 aliphatic rings. The van der Waals surface area contributed by atoms with Crippen LogP contribution in [0, 0.1) is 0 Å². The predicted octanol–water partition coefficient (Wildman–Crippen LogP) is 5.78. The standard InChI is InChI=1S/C27H19Cl2N3O5S/c28-20-9-7-19(8-10-20)27(34)37-22-13-5-18(6-14-22)17-30-31-26(33)24-3-1-2-4-25(24)32-38(35,36)23-15-11-21(29)12-16-23/h1-17,32H,(H,31,33)/b30-17+. The molecule has 192 valence electrons. The molecule has 0 fully saturated rings. The Morgan fingerprint density at radius 3 is 2.05 bits per heavy atom. The van der Waals surface area contributed by atoms with Gasteiger partial charge in [0.15, 0.2) is 0 Å². The number of rotatable bonds is 8. The Labute approximate surface area is 228 Å². The van der Waals surface area contributed by atoms with Gasteiger partial charge in [0.2, 0.25) is 0 Å². The summed E-state index contributed by atoms with van der Waals surface area (Å²) in [4.78, 5) is 24.9. The monoisotopic (exact) mass is 567 g/mol. The smallest absolute Gasteiger partial charge is 0.343 e. The van der Waals surface area contributed by atoms with E-state index in [4.69, 9.17) is 27.9 Å². The van der Waals surface area contributed by atoms with E-state index in [0.29, 0.717) is 26.9 Å². The molecule has 4 aromatic carbocycles. The maximum atomic E-state index is 12.7. The van der Waals surface area contributed by atoms with Crippen molar-refractivity contribution >= 4 is 57.0 Å². The van der Waals surface area contributed by atoms with E-state index in [9.17, 15) is 18.0 Å². The lowest BCUT2D eigenvalue weighted by Crippen LogP contribution is -2.21. The van der Waals surface area contributed by atoms with E-state index in [2.05, 4.69) is 15.2 Å². The lowest BCUT2D eigenvalue weighted by atomic mass is 10.2. The Kier molecular flexibility index (Phi) is 8.42. The van der Waals surface area contributed by atoms with Crippen molar-refractivity contribution in [1.29, 1.82) is 0 Å². The molecule has 0 unspecified atom stereocenters. The number of carbonyl (C=O) groups excluding carboxylic acids is 2. The normalized spacial score (nSPS) is 11.2. The number of hydrogen-bond donors (Lipinski definition) is 2. The zero-order valence-electron chi connectivity index (χ0n) is 19.5. The third kappa shape index (κ3) is 6.98. The number of anilines is 1. The maximum absolute atomic E-state index is 12.7.